The van der Waals surface area contributed by atoms with Crippen molar-refractivity contribution in [2.45, 2.75) is 46.5 Å². The van der Waals surface area contributed by atoms with Gasteiger partial charge in [0.25, 0.3) is 10.2 Å². The lowest BCUT2D eigenvalue weighted by molar-refractivity contribution is 0.151. The van der Waals surface area contributed by atoms with E-state index >= 15 is 0 Å². The molecule has 4 nitrogen and oxygen atoms in total. The second kappa shape index (κ2) is 5.02. The van der Waals surface area contributed by atoms with Crippen molar-refractivity contribution < 1.29 is 8.42 Å². The zero-order valence-electron chi connectivity index (χ0n) is 10.5. The summed E-state index contributed by atoms with van der Waals surface area (Å²) in [6.07, 6.45) is 4.59. The molecule has 0 radical (unpaired) electrons. The molecule has 96 valence electrons. The van der Waals surface area contributed by atoms with E-state index in [0.29, 0.717) is 17.9 Å². The number of nitrogens with one attached hydrogen (secondary N) is 1. The highest BCUT2D eigenvalue weighted by Gasteiger charge is 2.29. The lowest BCUT2D eigenvalue weighted by Gasteiger charge is -2.36. The van der Waals surface area contributed by atoms with Crippen molar-refractivity contribution in [3.63, 3.8) is 0 Å². The van der Waals surface area contributed by atoms with Crippen molar-refractivity contribution in [3.05, 3.63) is 0 Å². The Bertz CT molecular complexity index is 311. The lowest BCUT2D eigenvalue weighted by atomic mass is 9.70. The molecule has 1 fully saturated rings. The van der Waals surface area contributed by atoms with E-state index < -0.39 is 10.2 Å². The molecule has 0 aromatic carbocycles. The van der Waals surface area contributed by atoms with Crippen molar-refractivity contribution in [1.82, 2.24) is 4.72 Å². The standard InChI is InChI=1S/C11H24N2O2S/c1-11(2,3)10-6-4-9(5-7-10)8-13-16(12,14)15/h9-10,13H,4-8H2,1-3H3,(H2,12,14,15). The largest absolute Gasteiger partial charge is 0.274 e. The van der Waals surface area contributed by atoms with Crippen LogP contribution in [0.4, 0.5) is 0 Å². The van der Waals surface area contributed by atoms with Gasteiger partial charge in [-0.25, -0.2) is 9.86 Å². The van der Waals surface area contributed by atoms with Gasteiger partial charge in [-0.15, -0.1) is 0 Å². The van der Waals surface area contributed by atoms with E-state index in [1.165, 1.54) is 12.8 Å². The first-order valence-electron chi connectivity index (χ1n) is 5.96. The van der Waals surface area contributed by atoms with E-state index in [2.05, 4.69) is 25.5 Å². The van der Waals surface area contributed by atoms with E-state index in [-0.39, 0.29) is 0 Å². The summed E-state index contributed by atoms with van der Waals surface area (Å²) in [5.41, 5.74) is 0.373. The van der Waals surface area contributed by atoms with Crippen LogP contribution >= 0.6 is 0 Å². The van der Waals surface area contributed by atoms with Crippen LogP contribution in [0, 0.1) is 17.3 Å². The predicted molar refractivity (Wildman–Crippen MR) is 66.0 cm³/mol. The second-order valence-electron chi connectivity index (χ2n) is 5.98. The Labute approximate surface area is 99.2 Å². The summed E-state index contributed by atoms with van der Waals surface area (Å²) < 4.78 is 23.9. The number of rotatable bonds is 3. The molecular weight excluding hydrogens is 224 g/mol. The maximum absolute atomic E-state index is 10.8. The maximum Gasteiger partial charge on any atom is 0.274 e. The fourth-order valence-electron chi connectivity index (χ4n) is 2.47. The van der Waals surface area contributed by atoms with Gasteiger partial charge in [-0.05, 0) is 42.9 Å². The Morgan fingerprint density at radius 1 is 1.19 bits per heavy atom. The molecule has 0 aromatic heterocycles. The molecular formula is C11H24N2O2S. The fourth-order valence-corrected chi connectivity index (χ4v) is 2.93. The maximum atomic E-state index is 10.8. The van der Waals surface area contributed by atoms with Crippen LogP contribution in [0.1, 0.15) is 46.5 Å². The van der Waals surface area contributed by atoms with Crippen molar-refractivity contribution in [2.24, 2.45) is 22.4 Å². The monoisotopic (exact) mass is 248 g/mol. The van der Waals surface area contributed by atoms with Gasteiger partial charge in [-0.2, -0.15) is 8.42 Å². The molecule has 1 aliphatic rings. The second-order valence-corrected chi connectivity index (χ2v) is 7.36. The van der Waals surface area contributed by atoms with Crippen LogP contribution in [0.5, 0.6) is 0 Å². The number of nitrogens with two attached hydrogens (primary N) is 1. The minimum atomic E-state index is -3.52. The number of hydrogen-bond acceptors (Lipinski definition) is 2. The zero-order valence-corrected chi connectivity index (χ0v) is 11.3. The molecule has 1 aliphatic carbocycles. The molecule has 1 rings (SSSR count). The van der Waals surface area contributed by atoms with Crippen molar-refractivity contribution in [2.75, 3.05) is 6.54 Å². The quantitative estimate of drug-likeness (QED) is 0.797. The highest BCUT2D eigenvalue weighted by Crippen LogP contribution is 2.39. The Morgan fingerprint density at radius 3 is 2.06 bits per heavy atom. The molecule has 0 spiro atoms. The summed E-state index contributed by atoms with van der Waals surface area (Å²) in [4.78, 5) is 0. The third-order valence-electron chi connectivity index (χ3n) is 3.64. The van der Waals surface area contributed by atoms with Gasteiger partial charge in [0, 0.05) is 6.54 Å². The average Bonchev–Trinajstić information content (AvgIpc) is 2.13. The van der Waals surface area contributed by atoms with Gasteiger partial charge in [0.05, 0.1) is 0 Å². The zero-order chi connectivity index (χ0) is 12.4. The van der Waals surface area contributed by atoms with E-state index in [9.17, 15) is 8.42 Å². The fraction of sp³-hybridized carbons (Fsp3) is 1.00. The SMILES string of the molecule is CC(C)(C)C1CCC(CNS(N)(=O)=O)CC1. The number of hydrogen-bond donors (Lipinski definition) is 2. The van der Waals surface area contributed by atoms with Crippen molar-refractivity contribution in [3.8, 4) is 0 Å². The summed E-state index contributed by atoms with van der Waals surface area (Å²) in [6, 6.07) is 0. The van der Waals surface area contributed by atoms with Gasteiger partial charge in [0.15, 0.2) is 0 Å². The van der Waals surface area contributed by atoms with Gasteiger partial charge in [-0.3, -0.25) is 0 Å². The molecule has 5 heteroatoms. The van der Waals surface area contributed by atoms with Gasteiger partial charge in [0.1, 0.15) is 0 Å². The summed E-state index contributed by atoms with van der Waals surface area (Å²) in [5, 5.41) is 4.91. The first-order chi connectivity index (χ1) is 7.18. The normalized spacial score (nSPS) is 28.0. The Morgan fingerprint density at radius 2 is 1.69 bits per heavy atom. The van der Waals surface area contributed by atoms with Crippen molar-refractivity contribution >= 4 is 10.2 Å². The molecule has 3 N–H and O–H groups in total. The van der Waals surface area contributed by atoms with E-state index in [1.807, 2.05) is 0 Å². The third-order valence-corrected chi connectivity index (χ3v) is 4.21. The van der Waals surface area contributed by atoms with Crippen LogP contribution in [0.25, 0.3) is 0 Å². The predicted octanol–water partition coefficient (Wildman–Crippen LogP) is 1.63. The van der Waals surface area contributed by atoms with E-state index in [4.69, 9.17) is 5.14 Å². The highest BCUT2D eigenvalue weighted by molar-refractivity contribution is 7.87. The minimum Gasteiger partial charge on any atom is -0.216 e. The van der Waals surface area contributed by atoms with Crippen LogP contribution in [0.15, 0.2) is 0 Å². The first-order valence-corrected chi connectivity index (χ1v) is 7.50. The smallest absolute Gasteiger partial charge is 0.216 e. The minimum absolute atomic E-state index is 0.373. The molecule has 0 aliphatic heterocycles. The first kappa shape index (κ1) is 13.9. The topological polar surface area (TPSA) is 72.2 Å². The molecule has 0 aromatic rings. The van der Waals surface area contributed by atoms with Crippen LogP contribution in [-0.4, -0.2) is 15.0 Å². The van der Waals surface area contributed by atoms with Gasteiger partial charge < -0.3 is 0 Å². The molecule has 16 heavy (non-hydrogen) atoms. The van der Waals surface area contributed by atoms with Gasteiger partial charge in [0.2, 0.25) is 0 Å². The summed E-state index contributed by atoms with van der Waals surface area (Å²) in [5.74, 6) is 1.22. The third kappa shape index (κ3) is 4.80. The summed E-state index contributed by atoms with van der Waals surface area (Å²) in [6.45, 7) is 7.33. The Kier molecular flexibility index (Phi) is 4.37. The van der Waals surface area contributed by atoms with Gasteiger partial charge >= 0.3 is 0 Å². The van der Waals surface area contributed by atoms with Crippen LogP contribution in [0.3, 0.4) is 0 Å². The molecule has 0 saturated heterocycles. The molecule has 0 unspecified atom stereocenters. The molecule has 0 heterocycles. The summed E-state index contributed by atoms with van der Waals surface area (Å²) in [7, 11) is -3.52. The van der Waals surface area contributed by atoms with Crippen molar-refractivity contribution in [1.29, 1.82) is 0 Å². The Hall–Kier alpha value is -0.130. The van der Waals surface area contributed by atoms with Crippen LogP contribution in [-0.2, 0) is 10.2 Å². The molecule has 1 saturated carbocycles. The molecule has 0 amide bonds. The lowest BCUT2D eigenvalue weighted by Crippen LogP contribution is -2.36. The van der Waals surface area contributed by atoms with Crippen LogP contribution < -0.4 is 9.86 Å². The molecule has 0 atom stereocenters. The van der Waals surface area contributed by atoms with Crippen LogP contribution in [0.2, 0.25) is 0 Å². The molecule has 0 bridgehead atoms. The van der Waals surface area contributed by atoms with E-state index in [1.54, 1.807) is 0 Å². The highest BCUT2D eigenvalue weighted by atomic mass is 32.2. The van der Waals surface area contributed by atoms with Gasteiger partial charge in [-0.1, -0.05) is 20.8 Å². The van der Waals surface area contributed by atoms with E-state index in [0.717, 1.165) is 18.8 Å². The average molecular weight is 248 g/mol. The summed E-state index contributed by atoms with van der Waals surface area (Å²) >= 11 is 0. The Balaban J connectivity index is 2.33.